The van der Waals surface area contributed by atoms with Crippen LogP contribution in [0.15, 0.2) is 0 Å². The highest BCUT2D eigenvalue weighted by Crippen LogP contribution is 2.04. The molecule has 0 aliphatic heterocycles. The van der Waals surface area contributed by atoms with Crippen molar-refractivity contribution < 1.29 is 27.1 Å². The Morgan fingerprint density at radius 2 is 1.71 bits per heavy atom. The second-order valence-electron chi connectivity index (χ2n) is 3.21. The SMILES string of the molecule is C[C@H](N)C(=O)CCCCCC(=O)O.[Cl-]. The van der Waals surface area contributed by atoms with E-state index >= 15 is 0 Å². The molecule has 0 spiro atoms. The Bertz CT molecular complexity index is 183. The normalized spacial score (nSPS) is 11.6. The maximum absolute atomic E-state index is 11.0. The third kappa shape index (κ3) is 9.48. The average Bonchev–Trinajstić information content (AvgIpc) is 2.02. The highest BCUT2D eigenvalue weighted by atomic mass is 35.5. The number of Topliss-reactive ketones (excluding diaryl/α,β-unsaturated/α-hetero) is 1. The summed E-state index contributed by atoms with van der Waals surface area (Å²) in [4.78, 5) is 21.1. The third-order valence-electron chi connectivity index (χ3n) is 1.82. The molecule has 0 saturated heterocycles. The van der Waals surface area contributed by atoms with Gasteiger partial charge >= 0.3 is 5.97 Å². The Morgan fingerprint density at radius 1 is 1.21 bits per heavy atom. The average molecular weight is 223 g/mol. The summed E-state index contributed by atoms with van der Waals surface area (Å²) in [5.74, 6) is -0.728. The second-order valence-corrected chi connectivity index (χ2v) is 3.21. The molecule has 0 aromatic heterocycles. The van der Waals surface area contributed by atoms with E-state index in [1.807, 2.05) is 0 Å². The van der Waals surface area contributed by atoms with Gasteiger partial charge in [0.15, 0.2) is 0 Å². The lowest BCUT2D eigenvalue weighted by molar-refractivity contribution is -0.137. The molecule has 3 N–H and O–H groups in total. The Kier molecular flexibility index (Phi) is 10.1. The zero-order valence-electron chi connectivity index (χ0n) is 8.33. The molecule has 0 amide bonds. The summed E-state index contributed by atoms with van der Waals surface area (Å²) >= 11 is 0. The summed E-state index contributed by atoms with van der Waals surface area (Å²) < 4.78 is 0. The van der Waals surface area contributed by atoms with E-state index in [-0.39, 0.29) is 30.7 Å². The number of hydrogen-bond donors (Lipinski definition) is 2. The lowest BCUT2D eigenvalue weighted by atomic mass is 10.1. The van der Waals surface area contributed by atoms with Crippen LogP contribution in [0.25, 0.3) is 0 Å². The van der Waals surface area contributed by atoms with Gasteiger partial charge in [0.1, 0.15) is 5.78 Å². The maximum Gasteiger partial charge on any atom is 0.303 e. The van der Waals surface area contributed by atoms with E-state index in [0.29, 0.717) is 12.8 Å². The molecule has 0 aliphatic rings. The molecule has 0 fully saturated rings. The van der Waals surface area contributed by atoms with Crippen LogP contribution in [0.3, 0.4) is 0 Å². The van der Waals surface area contributed by atoms with Crippen LogP contribution in [0.4, 0.5) is 0 Å². The molecule has 4 nitrogen and oxygen atoms in total. The molecule has 1 atom stereocenters. The Hall–Kier alpha value is -0.610. The minimum atomic E-state index is -0.779. The van der Waals surface area contributed by atoms with Crippen molar-refractivity contribution >= 4 is 11.8 Å². The third-order valence-corrected chi connectivity index (χ3v) is 1.82. The van der Waals surface area contributed by atoms with Crippen LogP contribution in [-0.2, 0) is 9.59 Å². The predicted molar refractivity (Wildman–Crippen MR) is 49.4 cm³/mol. The lowest BCUT2D eigenvalue weighted by Gasteiger charge is -2.02. The fourth-order valence-electron chi connectivity index (χ4n) is 0.980. The monoisotopic (exact) mass is 222 g/mol. The van der Waals surface area contributed by atoms with Crippen molar-refractivity contribution in [3.05, 3.63) is 0 Å². The Morgan fingerprint density at radius 3 is 2.14 bits per heavy atom. The first-order valence-corrected chi connectivity index (χ1v) is 4.54. The Balaban J connectivity index is 0. The largest absolute Gasteiger partial charge is 1.00 e. The lowest BCUT2D eigenvalue weighted by Crippen LogP contribution is -3.00. The number of hydrogen-bond acceptors (Lipinski definition) is 3. The van der Waals surface area contributed by atoms with Crippen LogP contribution in [0.5, 0.6) is 0 Å². The van der Waals surface area contributed by atoms with Crippen LogP contribution < -0.4 is 18.1 Å². The fourth-order valence-corrected chi connectivity index (χ4v) is 0.980. The van der Waals surface area contributed by atoms with Gasteiger partial charge in [-0.2, -0.15) is 0 Å². The number of nitrogens with two attached hydrogens (primary N) is 1. The zero-order valence-corrected chi connectivity index (χ0v) is 9.09. The molecule has 84 valence electrons. The minimum Gasteiger partial charge on any atom is -1.00 e. The molecule has 0 saturated carbocycles. The Labute approximate surface area is 90.3 Å². The van der Waals surface area contributed by atoms with Crippen LogP contribution in [0.1, 0.15) is 39.0 Å². The van der Waals surface area contributed by atoms with E-state index in [4.69, 9.17) is 10.8 Å². The second kappa shape index (κ2) is 8.97. The van der Waals surface area contributed by atoms with Gasteiger partial charge < -0.3 is 23.2 Å². The van der Waals surface area contributed by atoms with Gasteiger partial charge in [0.25, 0.3) is 0 Å². The highest BCUT2D eigenvalue weighted by Gasteiger charge is 2.06. The summed E-state index contributed by atoms with van der Waals surface area (Å²) in [6.45, 7) is 1.67. The zero-order chi connectivity index (χ0) is 10.3. The number of ketones is 1. The molecule has 0 aromatic carbocycles. The number of aliphatic carboxylic acids is 1. The van der Waals surface area contributed by atoms with Crippen molar-refractivity contribution in [2.24, 2.45) is 5.73 Å². The molecule has 5 heteroatoms. The summed E-state index contributed by atoms with van der Waals surface area (Å²) in [5.41, 5.74) is 5.36. The summed E-state index contributed by atoms with van der Waals surface area (Å²) in [6, 6.07) is -0.389. The minimum absolute atomic E-state index is 0. The van der Waals surface area contributed by atoms with Crippen LogP contribution in [-0.4, -0.2) is 22.9 Å². The van der Waals surface area contributed by atoms with Crippen molar-refractivity contribution in [1.82, 2.24) is 0 Å². The topological polar surface area (TPSA) is 80.4 Å². The van der Waals surface area contributed by atoms with Gasteiger partial charge in [0.05, 0.1) is 6.04 Å². The highest BCUT2D eigenvalue weighted by molar-refractivity contribution is 5.83. The van der Waals surface area contributed by atoms with Gasteiger partial charge in [0, 0.05) is 12.8 Å². The first-order chi connectivity index (χ1) is 6.04. The van der Waals surface area contributed by atoms with E-state index in [1.54, 1.807) is 6.92 Å². The van der Waals surface area contributed by atoms with E-state index in [9.17, 15) is 9.59 Å². The molecule has 0 rings (SSSR count). The maximum atomic E-state index is 11.0. The van der Waals surface area contributed by atoms with Crippen molar-refractivity contribution in [3.63, 3.8) is 0 Å². The number of rotatable bonds is 7. The molecular weight excluding hydrogens is 206 g/mol. The van der Waals surface area contributed by atoms with Crippen molar-refractivity contribution in [3.8, 4) is 0 Å². The molecule has 0 bridgehead atoms. The first kappa shape index (κ1) is 15.8. The number of carbonyl (C=O) groups is 2. The number of carboxylic acids is 1. The van der Waals surface area contributed by atoms with Gasteiger partial charge in [-0.1, -0.05) is 6.42 Å². The molecule has 0 unspecified atom stereocenters. The summed E-state index contributed by atoms with van der Waals surface area (Å²) in [5, 5.41) is 8.32. The number of carboxylic acid groups (broad SMARTS) is 1. The van der Waals surface area contributed by atoms with Crippen molar-refractivity contribution in [2.45, 2.75) is 45.1 Å². The van der Waals surface area contributed by atoms with Gasteiger partial charge in [-0.15, -0.1) is 0 Å². The molecule has 0 aromatic rings. The fraction of sp³-hybridized carbons (Fsp3) is 0.778. The van der Waals surface area contributed by atoms with Gasteiger partial charge in [-0.25, -0.2) is 0 Å². The van der Waals surface area contributed by atoms with E-state index in [2.05, 4.69) is 0 Å². The smallest absolute Gasteiger partial charge is 0.303 e. The van der Waals surface area contributed by atoms with E-state index < -0.39 is 5.97 Å². The van der Waals surface area contributed by atoms with E-state index in [1.165, 1.54) is 0 Å². The van der Waals surface area contributed by atoms with Gasteiger partial charge in [0.2, 0.25) is 0 Å². The first-order valence-electron chi connectivity index (χ1n) is 4.54. The number of halogens is 1. The van der Waals surface area contributed by atoms with Crippen molar-refractivity contribution in [2.75, 3.05) is 0 Å². The molecule has 14 heavy (non-hydrogen) atoms. The van der Waals surface area contributed by atoms with Gasteiger partial charge in [-0.05, 0) is 19.8 Å². The predicted octanol–water partition coefficient (Wildman–Crippen LogP) is -2.06. The van der Waals surface area contributed by atoms with E-state index in [0.717, 1.165) is 12.8 Å². The molecule has 0 aliphatic carbocycles. The molecule has 0 heterocycles. The van der Waals surface area contributed by atoms with Crippen LogP contribution in [0, 0.1) is 0 Å². The van der Waals surface area contributed by atoms with Crippen LogP contribution >= 0.6 is 0 Å². The van der Waals surface area contributed by atoms with Crippen molar-refractivity contribution in [1.29, 1.82) is 0 Å². The quantitative estimate of drug-likeness (QED) is 0.486. The van der Waals surface area contributed by atoms with Gasteiger partial charge in [-0.3, -0.25) is 9.59 Å². The number of carbonyl (C=O) groups excluding carboxylic acids is 1. The molecular formula is C9H17ClNO3-. The summed E-state index contributed by atoms with van der Waals surface area (Å²) in [7, 11) is 0. The van der Waals surface area contributed by atoms with Crippen LogP contribution in [0.2, 0.25) is 0 Å². The standard InChI is InChI=1S/C9H17NO3.ClH/c1-7(10)8(11)5-3-2-4-6-9(12)13;/h7H,2-6,10H2,1H3,(H,12,13);1H/p-1/t7-;/m0./s1. The molecule has 0 radical (unpaired) electrons. The summed E-state index contributed by atoms with van der Waals surface area (Å²) in [6.07, 6.45) is 2.82. The number of unbranched alkanes of at least 4 members (excludes halogenated alkanes) is 2.